The van der Waals surface area contributed by atoms with E-state index in [0.29, 0.717) is 12.2 Å². The summed E-state index contributed by atoms with van der Waals surface area (Å²) < 4.78 is 18.1. The first-order chi connectivity index (χ1) is 24.9. The van der Waals surface area contributed by atoms with Gasteiger partial charge in [0.1, 0.15) is 12.4 Å². The van der Waals surface area contributed by atoms with Gasteiger partial charge in [0, 0.05) is 30.2 Å². The van der Waals surface area contributed by atoms with Crippen LogP contribution >= 0.6 is 11.8 Å². The fraction of sp³-hybridized carbons (Fsp3) is 0.282. The molecule has 6 rings (SSSR count). The zero-order chi connectivity index (χ0) is 35.6. The summed E-state index contributed by atoms with van der Waals surface area (Å²) in [5.41, 5.74) is 6.47. The highest BCUT2D eigenvalue weighted by Gasteiger charge is 2.38. The van der Waals surface area contributed by atoms with Gasteiger partial charge in [-0.2, -0.15) is 5.10 Å². The predicted molar refractivity (Wildman–Crippen MR) is 193 cm³/mol. The summed E-state index contributed by atoms with van der Waals surface area (Å²) in [5.74, 6) is 0.176. The van der Waals surface area contributed by atoms with Crippen LogP contribution in [0.5, 0.6) is 0 Å². The van der Waals surface area contributed by atoms with Crippen LogP contribution in [0.15, 0.2) is 115 Å². The van der Waals surface area contributed by atoms with E-state index in [1.807, 2.05) is 103 Å². The van der Waals surface area contributed by atoms with Crippen LogP contribution in [-0.4, -0.2) is 57.3 Å². The van der Waals surface area contributed by atoms with E-state index in [4.69, 9.17) is 14.2 Å². The molecule has 0 radical (unpaired) electrons. The van der Waals surface area contributed by atoms with Crippen molar-refractivity contribution in [2.45, 2.75) is 56.2 Å². The Morgan fingerprint density at radius 2 is 1.65 bits per heavy atom. The number of ether oxygens (including phenoxy) is 3. The lowest BCUT2D eigenvalue weighted by atomic mass is 9.91. The normalized spacial score (nSPS) is 19.2. The Morgan fingerprint density at radius 1 is 0.922 bits per heavy atom. The number of esters is 1. The summed E-state index contributed by atoms with van der Waals surface area (Å²) in [6.45, 7) is 2.35. The van der Waals surface area contributed by atoms with Crippen molar-refractivity contribution in [3.05, 3.63) is 137 Å². The number of aromatic amines is 1. The molecule has 0 aliphatic carbocycles. The Bertz CT molecular complexity index is 1860. The number of urea groups is 1. The minimum atomic E-state index is -0.827. The zero-order valence-corrected chi connectivity index (χ0v) is 29.2. The Morgan fingerprint density at radius 3 is 2.35 bits per heavy atom. The molecule has 4 aromatic carbocycles. The van der Waals surface area contributed by atoms with Crippen molar-refractivity contribution in [3.63, 3.8) is 0 Å². The van der Waals surface area contributed by atoms with Crippen LogP contribution in [0, 0.1) is 5.92 Å². The second kappa shape index (κ2) is 17.3. The molecule has 0 spiro atoms. The Balaban J connectivity index is 1.15. The number of amides is 2. The lowest BCUT2D eigenvalue weighted by Crippen LogP contribution is -2.47. The molecule has 2 heterocycles. The van der Waals surface area contributed by atoms with Crippen molar-refractivity contribution < 1.29 is 28.9 Å². The van der Waals surface area contributed by atoms with Gasteiger partial charge in [0.15, 0.2) is 11.4 Å². The number of aromatic nitrogens is 3. The minimum Gasteiger partial charge on any atom is -0.467 e. The number of benzene rings is 4. The molecule has 5 atom stereocenters. The van der Waals surface area contributed by atoms with Crippen LogP contribution < -0.4 is 10.6 Å². The van der Waals surface area contributed by atoms with E-state index in [0.717, 1.165) is 44.1 Å². The highest BCUT2D eigenvalue weighted by atomic mass is 32.2. The quantitative estimate of drug-likeness (QED) is 0.0838. The van der Waals surface area contributed by atoms with Crippen molar-refractivity contribution >= 4 is 23.8 Å². The van der Waals surface area contributed by atoms with Gasteiger partial charge >= 0.3 is 12.0 Å². The van der Waals surface area contributed by atoms with Gasteiger partial charge in [-0.25, -0.2) is 14.6 Å². The fourth-order valence-electron chi connectivity index (χ4n) is 6.08. The fourth-order valence-corrected chi connectivity index (χ4v) is 7.02. The second-order valence-corrected chi connectivity index (χ2v) is 13.3. The van der Waals surface area contributed by atoms with Gasteiger partial charge in [-0.05, 0) is 33.4 Å². The maximum atomic E-state index is 13.0. The number of carbonyl (C=O) groups excluding carboxylic acids is 2. The molecule has 1 aromatic heterocycles. The van der Waals surface area contributed by atoms with Gasteiger partial charge < -0.3 is 30.0 Å². The summed E-state index contributed by atoms with van der Waals surface area (Å²) in [5, 5.41) is 22.8. The highest BCUT2D eigenvalue weighted by Crippen LogP contribution is 2.43. The number of nitrogens with zero attached hydrogens (tertiary/aromatic N) is 2. The van der Waals surface area contributed by atoms with Crippen LogP contribution in [0.2, 0.25) is 0 Å². The number of rotatable bonds is 13. The van der Waals surface area contributed by atoms with E-state index in [9.17, 15) is 14.7 Å². The SMILES string of the molecule is COC(=O)C(Cc1ccccc1)NC(=O)NCc1ccccc1-c1ccc(C2OC(CSc3ncn[nH]3)C(C)C(c3ccc(CO)cc3)O2)cc1. The van der Waals surface area contributed by atoms with E-state index in [1.165, 1.54) is 13.4 Å². The molecular weight excluding hydrogens is 667 g/mol. The monoisotopic (exact) mass is 707 g/mol. The largest absolute Gasteiger partial charge is 0.467 e. The summed E-state index contributed by atoms with van der Waals surface area (Å²) in [6, 6.07) is 31.9. The number of methoxy groups -OCH3 is 1. The first kappa shape index (κ1) is 35.8. The standard InChI is InChI=1S/C39H41N5O6S/c1-25-34(23-51-39-41-24-42-44-39)49-37(50-35(25)29-14-12-27(22-45)13-15-29)30-18-16-28(17-19-30)32-11-7-6-10-31(32)21-40-38(47)43-33(36(46)48-2)20-26-8-4-3-5-9-26/h3-19,24-25,33-35,37,45H,20-23H2,1-2H3,(H2,40,43,47)(H,41,42,44). The van der Waals surface area contributed by atoms with E-state index < -0.39 is 24.3 Å². The van der Waals surface area contributed by atoms with Crippen molar-refractivity contribution in [3.8, 4) is 11.1 Å². The lowest BCUT2D eigenvalue weighted by molar-refractivity contribution is -0.268. The molecule has 4 N–H and O–H groups in total. The average molecular weight is 708 g/mol. The molecule has 0 bridgehead atoms. The van der Waals surface area contributed by atoms with E-state index in [2.05, 4.69) is 32.7 Å². The number of hydrogen-bond donors (Lipinski definition) is 4. The number of thioether (sulfide) groups is 1. The van der Waals surface area contributed by atoms with E-state index >= 15 is 0 Å². The molecule has 11 nitrogen and oxygen atoms in total. The van der Waals surface area contributed by atoms with E-state index in [-0.39, 0.29) is 31.3 Å². The van der Waals surface area contributed by atoms with Gasteiger partial charge in [-0.15, -0.1) is 0 Å². The van der Waals surface area contributed by atoms with Crippen LogP contribution in [0.25, 0.3) is 11.1 Å². The Hall–Kier alpha value is -5.01. The van der Waals surface area contributed by atoms with Crippen LogP contribution in [0.1, 0.15) is 47.1 Å². The predicted octanol–water partition coefficient (Wildman–Crippen LogP) is 6.13. The first-order valence-corrected chi connectivity index (χ1v) is 17.7. The molecule has 264 valence electrons. The molecule has 1 saturated heterocycles. The molecule has 1 fully saturated rings. The molecule has 51 heavy (non-hydrogen) atoms. The third-order valence-electron chi connectivity index (χ3n) is 8.92. The topological polar surface area (TPSA) is 148 Å². The Kier molecular flexibility index (Phi) is 12.1. The molecule has 5 unspecified atom stereocenters. The smallest absolute Gasteiger partial charge is 0.328 e. The van der Waals surface area contributed by atoms with Gasteiger partial charge in [-0.3, -0.25) is 5.10 Å². The van der Waals surface area contributed by atoms with Crippen LogP contribution in [0.3, 0.4) is 0 Å². The van der Waals surface area contributed by atoms with E-state index in [1.54, 1.807) is 11.8 Å². The summed E-state index contributed by atoms with van der Waals surface area (Å²) in [7, 11) is 1.31. The van der Waals surface area contributed by atoms with Gasteiger partial charge in [0.25, 0.3) is 0 Å². The Labute approximate surface area is 301 Å². The average Bonchev–Trinajstić information content (AvgIpc) is 3.71. The van der Waals surface area contributed by atoms with Gasteiger partial charge in [-0.1, -0.05) is 122 Å². The number of nitrogens with one attached hydrogen (secondary N) is 3. The molecule has 1 aliphatic rings. The van der Waals surface area contributed by atoms with Crippen molar-refractivity contribution in [2.24, 2.45) is 5.92 Å². The number of aliphatic hydroxyl groups is 1. The molecule has 5 aromatic rings. The van der Waals surface area contributed by atoms with Gasteiger partial charge in [0.05, 0.1) is 25.9 Å². The number of aliphatic hydroxyl groups excluding tert-OH is 1. The van der Waals surface area contributed by atoms with Crippen molar-refractivity contribution in [1.29, 1.82) is 0 Å². The summed E-state index contributed by atoms with van der Waals surface area (Å²) in [6.07, 6.45) is 0.807. The maximum absolute atomic E-state index is 13.0. The molecule has 1 aliphatic heterocycles. The van der Waals surface area contributed by atoms with Crippen molar-refractivity contribution in [1.82, 2.24) is 25.8 Å². The number of hydrogen-bond acceptors (Lipinski definition) is 9. The molecule has 12 heteroatoms. The molecule has 2 amide bonds. The molecular formula is C39H41N5O6S. The summed E-state index contributed by atoms with van der Waals surface area (Å²) in [4.78, 5) is 29.6. The lowest BCUT2D eigenvalue weighted by Gasteiger charge is -2.41. The minimum absolute atomic E-state index is 0.0209. The second-order valence-electron chi connectivity index (χ2n) is 12.3. The molecule has 0 saturated carbocycles. The highest BCUT2D eigenvalue weighted by molar-refractivity contribution is 7.99. The number of H-pyrrole nitrogens is 1. The third-order valence-corrected chi connectivity index (χ3v) is 9.89. The summed E-state index contributed by atoms with van der Waals surface area (Å²) >= 11 is 1.55. The van der Waals surface area contributed by atoms with Gasteiger partial charge in [0.2, 0.25) is 0 Å². The third kappa shape index (κ3) is 9.21. The van der Waals surface area contributed by atoms with Crippen LogP contribution in [0.4, 0.5) is 4.79 Å². The first-order valence-electron chi connectivity index (χ1n) is 16.7. The van der Waals surface area contributed by atoms with Crippen molar-refractivity contribution in [2.75, 3.05) is 12.9 Å². The number of carbonyl (C=O) groups is 2. The van der Waals surface area contributed by atoms with Crippen LogP contribution in [-0.2, 0) is 38.6 Å². The zero-order valence-electron chi connectivity index (χ0n) is 28.4. The maximum Gasteiger partial charge on any atom is 0.328 e.